The van der Waals surface area contributed by atoms with E-state index in [4.69, 9.17) is 0 Å². The first-order valence-corrected chi connectivity index (χ1v) is 9.82. The van der Waals surface area contributed by atoms with Crippen LogP contribution in [0.3, 0.4) is 0 Å². The summed E-state index contributed by atoms with van der Waals surface area (Å²) in [6.45, 7) is 0. The summed E-state index contributed by atoms with van der Waals surface area (Å²) in [5.74, 6) is 0.882. The smallest absolute Gasteiger partial charge is 0.223 e. The van der Waals surface area contributed by atoms with Crippen molar-refractivity contribution in [2.24, 2.45) is 0 Å². The van der Waals surface area contributed by atoms with Crippen LogP contribution in [0, 0.1) is 0 Å². The molecule has 0 spiro atoms. The van der Waals surface area contributed by atoms with Crippen LogP contribution in [0.1, 0.15) is 42.7 Å². The van der Waals surface area contributed by atoms with Gasteiger partial charge in [-0.2, -0.15) is 0 Å². The third kappa shape index (κ3) is 3.19. The molecule has 1 aliphatic carbocycles. The van der Waals surface area contributed by atoms with Gasteiger partial charge in [-0.1, -0.05) is 24.3 Å². The molecule has 1 aliphatic heterocycles. The first kappa shape index (κ1) is 15.5. The van der Waals surface area contributed by atoms with E-state index in [1.807, 2.05) is 13.1 Å². The first-order valence-electron chi connectivity index (χ1n) is 8.00. The summed E-state index contributed by atoms with van der Waals surface area (Å²) in [7, 11) is -1.05. The lowest BCUT2D eigenvalue weighted by atomic mass is 9.96. The Bertz CT molecular complexity index is 654. The van der Waals surface area contributed by atoms with Crippen LogP contribution in [0.2, 0.25) is 0 Å². The molecule has 3 rings (SSSR count). The molecule has 1 atom stereocenters. The lowest BCUT2D eigenvalue weighted by Gasteiger charge is -2.32. The molecule has 120 valence electrons. The van der Waals surface area contributed by atoms with Crippen LogP contribution >= 0.6 is 0 Å². The number of nitrogens with zero attached hydrogens (tertiary/aromatic N) is 1. The van der Waals surface area contributed by atoms with Gasteiger partial charge in [-0.3, -0.25) is 4.79 Å². The average Bonchev–Trinajstić information content (AvgIpc) is 2.90. The van der Waals surface area contributed by atoms with Crippen molar-refractivity contribution in [1.82, 2.24) is 4.90 Å². The Labute approximate surface area is 132 Å². The Balaban J connectivity index is 1.61. The number of benzene rings is 1. The predicted molar refractivity (Wildman–Crippen MR) is 86.6 cm³/mol. The highest BCUT2D eigenvalue weighted by molar-refractivity contribution is 7.91. The van der Waals surface area contributed by atoms with E-state index in [0.29, 0.717) is 25.2 Å². The minimum Gasteiger partial charge on any atom is -0.343 e. The maximum Gasteiger partial charge on any atom is 0.223 e. The van der Waals surface area contributed by atoms with Crippen LogP contribution < -0.4 is 0 Å². The van der Waals surface area contributed by atoms with Crippen LogP contribution in [0.4, 0.5) is 0 Å². The highest BCUT2D eigenvalue weighted by Gasteiger charge is 2.31. The number of fused-ring (bicyclic) bond motifs is 1. The zero-order valence-corrected chi connectivity index (χ0v) is 13.8. The standard InChI is InChI=1S/C17H23NO3S/c1-18(15-8-10-22(20,21)11-9-15)17(19)12-14-7-6-13-4-2-3-5-16(13)14/h2-5,14-15H,6-12H2,1H3/t14-/m0/s1. The molecule has 1 fully saturated rings. The molecule has 0 saturated carbocycles. The van der Waals surface area contributed by atoms with Gasteiger partial charge in [0.15, 0.2) is 0 Å². The minimum absolute atomic E-state index is 0.0765. The molecule has 0 aromatic heterocycles. The van der Waals surface area contributed by atoms with Gasteiger partial charge in [0.05, 0.1) is 11.5 Å². The van der Waals surface area contributed by atoms with Crippen molar-refractivity contribution < 1.29 is 13.2 Å². The Morgan fingerprint density at radius 2 is 1.86 bits per heavy atom. The fourth-order valence-electron chi connectivity index (χ4n) is 3.68. The fraction of sp³-hybridized carbons (Fsp3) is 0.588. The Kier molecular flexibility index (Phi) is 4.26. The summed E-state index contributed by atoms with van der Waals surface area (Å²) in [4.78, 5) is 14.3. The van der Waals surface area contributed by atoms with E-state index in [-0.39, 0.29) is 23.5 Å². The normalized spacial score (nSPS) is 24.0. The van der Waals surface area contributed by atoms with E-state index in [2.05, 4.69) is 18.2 Å². The van der Waals surface area contributed by atoms with Gasteiger partial charge in [0.2, 0.25) is 5.91 Å². The molecule has 0 unspecified atom stereocenters. The predicted octanol–water partition coefficient (Wildman–Crippen LogP) is 2.14. The SMILES string of the molecule is CN(C(=O)C[C@@H]1CCc2ccccc21)C1CCS(=O)(=O)CC1. The molecular formula is C17H23NO3S. The molecule has 4 nitrogen and oxygen atoms in total. The van der Waals surface area contributed by atoms with Gasteiger partial charge >= 0.3 is 0 Å². The minimum atomic E-state index is -2.88. The van der Waals surface area contributed by atoms with E-state index in [1.165, 1.54) is 11.1 Å². The zero-order chi connectivity index (χ0) is 15.7. The second-order valence-electron chi connectivity index (χ2n) is 6.53. The topological polar surface area (TPSA) is 54.5 Å². The molecule has 1 aromatic rings. The molecule has 5 heteroatoms. The molecule has 22 heavy (non-hydrogen) atoms. The lowest BCUT2D eigenvalue weighted by molar-refractivity contribution is -0.132. The second kappa shape index (κ2) is 6.03. The molecule has 1 aromatic carbocycles. The number of hydrogen-bond acceptors (Lipinski definition) is 3. The van der Waals surface area contributed by atoms with E-state index in [1.54, 1.807) is 4.90 Å². The Morgan fingerprint density at radius 1 is 1.18 bits per heavy atom. The van der Waals surface area contributed by atoms with Crippen LogP contribution in [0.15, 0.2) is 24.3 Å². The molecule has 1 amide bonds. The highest BCUT2D eigenvalue weighted by Crippen LogP contribution is 2.35. The third-order valence-corrected chi connectivity index (χ3v) is 6.86. The van der Waals surface area contributed by atoms with Crippen molar-refractivity contribution >= 4 is 15.7 Å². The summed E-state index contributed by atoms with van der Waals surface area (Å²) in [5, 5.41) is 0. The van der Waals surface area contributed by atoms with Gasteiger partial charge in [-0.15, -0.1) is 0 Å². The van der Waals surface area contributed by atoms with Crippen molar-refractivity contribution in [1.29, 1.82) is 0 Å². The van der Waals surface area contributed by atoms with E-state index < -0.39 is 9.84 Å². The highest BCUT2D eigenvalue weighted by atomic mass is 32.2. The van der Waals surface area contributed by atoms with E-state index in [0.717, 1.165) is 12.8 Å². The van der Waals surface area contributed by atoms with Crippen molar-refractivity contribution in [3.63, 3.8) is 0 Å². The van der Waals surface area contributed by atoms with Crippen LogP contribution in [0.5, 0.6) is 0 Å². The van der Waals surface area contributed by atoms with Crippen LogP contribution in [-0.4, -0.2) is 43.8 Å². The molecule has 0 N–H and O–H groups in total. The summed E-state index contributed by atoms with van der Waals surface area (Å²) in [5.41, 5.74) is 2.68. The number of carbonyl (C=O) groups excluding carboxylic acids is 1. The van der Waals surface area contributed by atoms with Crippen molar-refractivity contribution in [3.8, 4) is 0 Å². The molecule has 0 radical (unpaired) electrons. The molecule has 1 heterocycles. The van der Waals surface area contributed by atoms with Gasteiger partial charge in [0, 0.05) is 19.5 Å². The summed E-state index contributed by atoms with van der Waals surface area (Å²) in [6.07, 6.45) is 3.78. The number of rotatable bonds is 3. The van der Waals surface area contributed by atoms with E-state index in [9.17, 15) is 13.2 Å². The maximum absolute atomic E-state index is 12.5. The van der Waals surface area contributed by atoms with Gasteiger partial charge in [0.1, 0.15) is 9.84 Å². The van der Waals surface area contributed by atoms with Crippen LogP contribution in [0.25, 0.3) is 0 Å². The number of carbonyl (C=O) groups is 1. The number of aryl methyl sites for hydroxylation is 1. The van der Waals surface area contributed by atoms with E-state index >= 15 is 0 Å². The van der Waals surface area contributed by atoms with Gasteiger partial charge < -0.3 is 4.90 Å². The van der Waals surface area contributed by atoms with Crippen molar-refractivity contribution in [3.05, 3.63) is 35.4 Å². The monoisotopic (exact) mass is 321 g/mol. The number of hydrogen-bond donors (Lipinski definition) is 0. The zero-order valence-electron chi connectivity index (χ0n) is 13.0. The number of sulfone groups is 1. The van der Waals surface area contributed by atoms with Crippen molar-refractivity contribution in [2.45, 2.75) is 44.1 Å². The molecule has 2 aliphatic rings. The van der Waals surface area contributed by atoms with Crippen molar-refractivity contribution in [2.75, 3.05) is 18.6 Å². The Hall–Kier alpha value is -1.36. The Morgan fingerprint density at radius 3 is 2.59 bits per heavy atom. The molecule has 0 bridgehead atoms. The largest absolute Gasteiger partial charge is 0.343 e. The second-order valence-corrected chi connectivity index (χ2v) is 8.83. The van der Waals surface area contributed by atoms with Gasteiger partial charge in [0.25, 0.3) is 0 Å². The quantitative estimate of drug-likeness (QED) is 0.857. The molecular weight excluding hydrogens is 298 g/mol. The maximum atomic E-state index is 12.5. The lowest BCUT2D eigenvalue weighted by Crippen LogP contribution is -2.42. The van der Waals surface area contributed by atoms with Gasteiger partial charge in [-0.25, -0.2) is 8.42 Å². The van der Waals surface area contributed by atoms with Crippen LogP contribution in [-0.2, 0) is 21.1 Å². The number of amides is 1. The summed E-state index contributed by atoms with van der Waals surface area (Å²) >= 11 is 0. The molecule has 1 saturated heterocycles. The average molecular weight is 321 g/mol. The first-order chi connectivity index (χ1) is 10.5. The van der Waals surface area contributed by atoms with Gasteiger partial charge in [-0.05, 0) is 42.7 Å². The fourth-order valence-corrected chi connectivity index (χ4v) is 5.15. The summed E-state index contributed by atoms with van der Waals surface area (Å²) < 4.78 is 23.0. The summed E-state index contributed by atoms with van der Waals surface area (Å²) in [6, 6.07) is 8.45. The third-order valence-electron chi connectivity index (χ3n) is 5.14.